The number of rotatable bonds is 8. The van der Waals surface area contributed by atoms with Crippen molar-refractivity contribution in [2.24, 2.45) is 5.73 Å². The van der Waals surface area contributed by atoms with E-state index in [4.69, 9.17) is 14.9 Å². The van der Waals surface area contributed by atoms with Gasteiger partial charge in [-0.15, -0.1) is 11.8 Å². The van der Waals surface area contributed by atoms with E-state index in [1.165, 1.54) is 23.1 Å². The highest BCUT2D eigenvalue weighted by Crippen LogP contribution is 2.32. The van der Waals surface area contributed by atoms with Crippen molar-refractivity contribution < 1.29 is 18.7 Å². The lowest BCUT2D eigenvalue weighted by Gasteiger charge is -2.04. The van der Waals surface area contributed by atoms with Crippen LogP contribution in [0.4, 0.5) is 5.13 Å². The van der Waals surface area contributed by atoms with Crippen LogP contribution >= 0.6 is 39.0 Å². The number of ether oxygens (including phenoxy) is 1. The first-order chi connectivity index (χ1) is 13.4. The minimum atomic E-state index is -0.408. The van der Waals surface area contributed by atoms with Gasteiger partial charge in [-0.05, 0) is 37.3 Å². The van der Waals surface area contributed by atoms with Crippen LogP contribution in [0.2, 0.25) is 0 Å². The number of amides is 2. The summed E-state index contributed by atoms with van der Waals surface area (Å²) in [5.41, 5.74) is 5.89. The number of thiazole rings is 1. The fraction of sp³-hybridized carbons (Fsp3) is 0.167. The van der Waals surface area contributed by atoms with Crippen LogP contribution in [0.1, 0.15) is 22.0 Å². The minimum absolute atomic E-state index is 0.159. The van der Waals surface area contributed by atoms with Crippen molar-refractivity contribution in [1.29, 1.82) is 0 Å². The number of primary amides is 1. The highest BCUT2D eigenvalue weighted by Gasteiger charge is 2.16. The zero-order valence-electron chi connectivity index (χ0n) is 14.7. The van der Waals surface area contributed by atoms with Gasteiger partial charge in [0.1, 0.15) is 18.1 Å². The van der Waals surface area contributed by atoms with Gasteiger partial charge in [-0.1, -0.05) is 33.3 Å². The lowest BCUT2D eigenvalue weighted by molar-refractivity contribution is -0.115. The number of carbonyl (C=O) groups is 2. The first kappa shape index (κ1) is 20.4. The number of furan rings is 1. The number of hydrogen-bond acceptors (Lipinski definition) is 7. The molecule has 0 radical (unpaired) electrons. The van der Waals surface area contributed by atoms with Crippen LogP contribution < -0.4 is 15.8 Å². The summed E-state index contributed by atoms with van der Waals surface area (Å²) in [5.74, 6) is 0.724. The molecule has 0 aliphatic heterocycles. The third kappa shape index (κ3) is 5.60. The van der Waals surface area contributed by atoms with E-state index in [2.05, 4.69) is 26.2 Å². The fourth-order valence-corrected chi connectivity index (χ4v) is 4.40. The Hall–Kier alpha value is -2.30. The molecule has 0 fully saturated rings. The molecule has 0 saturated heterocycles. The number of benzene rings is 1. The van der Waals surface area contributed by atoms with Gasteiger partial charge >= 0.3 is 0 Å². The molecule has 3 rings (SSSR count). The summed E-state index contributed by atoms with van der Waals surface area (Å²) in [6.45, 7) is 2.01. The van der Waals surface area contributed by atoms with Crippen LogP contribution in [-0.2, 0) is 11.4 Å². The van der Waals surface area contributed by atoms with Crippen LogP contribution in [0.5, 0.6) is 5.75 Å². The molecule has 10 heteroatoms. The van der Waals surface area contributed by atoms with E-state index in [-0.39, 0.29) is 18.1 Å². The second-order valence-corrected chi connectivity index (χ2v) is 8.77. The van der Waals surface area contributed by atoms with Crippen molar-refractivity contribution in [3.05, 3.63) is 58.1 Å². The van der Waals surface area contributed by atoms with E-state index in [0.29, 0.717) is 16.6 Å². The number of thioether (sulfide) groups is 1. The Kier molecular flexibility index (Phi) is 6.76. The van der Waals surface area contributed by atoms with Gasteiger partial charge in [0.25, 0.3) is 5.91 Å². The molecule has 0 saturated carbocycles. The summed E-state index contributed by atoms with van der Waals surface area (Å²) < 4.78 is 12.9. The van der Waals surface area contributed by atoms with Crippen LogP contribution in [0.25, 0.3) is 0 Å². The third-order valence-electron chi connectivity index (χ3n) is 3.38. The molecule has 0 atom stereocenters. The Morgan fingerprint density at radius 2 is 2.18 bits per heavy atom. The highest BCUT2D eigenvalue weighted by atomic mass is 79.9. The number of carbonyl (C=O) groups excluding carboxylic acids is 2. The number of nitrogens with zero attached hydrogens (tertiary/aromatic N) is 1. The molecule has 1 aromatic carbocycles. The van der Waals surface area contributed by atoms with Gasteiger partial charge in [-0.3, -0.25) is 14.9 Å². The van der Waals surface area contributed by atoms with E-state index in [0.717, 1.165) is 14.4 Å². The molecule has 0 unspecified atom stereocenters. The topological polar surface area (TPSA) is 107 Å². The van der Waals surface area contributed by atoms with Gasteiger partial charge in [0.15, 0.2) is 10.9 Å². The fourth-order valence-electron chi connectivity index (χ4n) is 2.15. The average molecular weight is 482 g/mol. The van der Waals surface area contributed by atoms with Crippen molar-refractivity contribution in [2.75, 3.05) is 11.1 Å². The maximum atomic E-state index is 12.4. The number of hydrogen-bond donors (Lipinski definition) is 2. The van der Waals surface area contributed by atoms with Crippen molar-refractivity contribution in [3.8, 4) is 5.75 Å². The Morgan fingerprint density at radius 3 is 2.93 bits per heavy atom. The number of nitrogens with two attached hydrogens (primary N) is 1. The van der Waals surface area contributed by atoms with Crippen molar-refractivity contribution in [3.63, 3.8) is 0 Å². The lowest BCUT2D eigenvalue weighted by atomic mass is 10.3. The Balaban J connectivity index is 1.58. The summed E-state index contributed by atoms with van der Waals surface area (Å²) >= 11 is 5.96. The van der Waals surface area contributed by atoms with E-state index in [9.17, 15) is 9.59 Å². The molecule has 28 heavy (non-hydrogen) atoms. The number of anilines is 1. The minimum Gasteiger partial charge on any atom is -0.486 e. The largest absolute Gasteiger partial charge is 0.486 e. The third-order valence-corrected chi connectivity index (χ3v) is 6.33. The zero-order valence-corrected chi connectivity index (χ0v) is 17.9. The van der Waals surface area contributed by atoms with Crippen molar-refractivity contribution >= 4 is 56.0 Å². The summed E-state index contributed by atoms with van der Waals surface area (Å²) in [6.07, 6.45) is 0. The van der Waals surface area contributed by atoms with E-state index in [1.807, 2.05) is 24.3 Å². The molecule has 2 amide bonds. The van der Waals surface area contributed by atoms with Crippen molar-refractivity contribution in [2.45, 2.75) is 17.7 Å². The van der Waals surface area contributed by atoms with Crippen molar-refractivity contribution in [1.82, 2.24) is 4.98 Å². The molecular weight excluding hydrogens is 466 g/mol. The second kappa shape index (κ2) is 9.26. The second-order valence-electron chi connectivity index (χ2n) is 5.61. The molecule has 3 N–H and O–H groups in total. The average Bonchev–Trinajstić information content (AvgIpc) is 3.25. The lowest BCUT2D eigenvalue weighted by Crippen LogP contribution is -2.12. The molecule has 146 valence electrons. The maximum Gasteiger partial charge on any atom is 0.293 e. The molecule has 7 nitrogen and oxygen atoms in total. The van der Waals surface area contributed by atoms with Gasteiger partial charge in [0, 0.05) is 4.47 Å². The van der Waals surface area contributed by atoms with E-state index >= 15 is 0 Å². The summed E-state index contributed by atoms with van der Waals surface area (Å²) in [5, 5.41) is 3.13. The molecule has 0 aliphatic rings. The van der Waals surface area contributed by atoms with E-state index in [1.54, 1.807) is 19.1 Å². The zero-order chi connectivity index (χ0) is 20.1. The number of halogens is 1. The molecule has 0 bridgehead atoms. The molecule has 3 aromatic rings. The highest BCUT2D eigenvalue weighted by molar-refractivity contribution is 9.10. The maximum absolute atomic E-state index is 12.4. The predicted octanol–water partition coefficient (Wildman–Crippen LogP) is 4.22. The summed E-state index contributed by atoms with van der Waals surface area (Å²) in [4.78, 5) is 27.6. The molecule has 2 aromatic heterocycles. The van der Waals surface area contributed by atoms with Crippen LogP contribution in [0, 0.1) is 6.92 Å². The van der Waals surface area contributed by atoms with Gasteiger partial charge in [0.2, 0.25) is 5.91 Å². The first-order valence-electron chi connectivity index (χ1n) is 8.07. The predicted molar refractivity (Wildman–Crippen MR) is 112 cm³/mol. The standard InChI is InChI=1S/C18H16BrN3O4S2/c1-10-17(27-9-15(20)23)28-18(21-10)22-16(24)14-6-5-13(26-14)8-25-12-4-2-3-11(19)7-12/h2-7H,8-9H2,1H3,(H2,20,23)(H,21,22,24). The SMILES string of the molecule is Cc1nc(NC(=O)c2ccc(COc3cccc(Br)c3)o2)sc1SCC(N)=O. The Labute approximate surface area is 177 Å². The van der Waals surface area contributed by atoms with Gasteiger partial charge in [-0.2, -0.15) is 0 Å². The van der Waals surface area contributed by atoms with Crippen LogP contribution in [-0.4, -0.2) is 22.6 Å². The van der Waals surface area contributed by atoms with Gasteiger partial charge < -0.3 is 14.9 Å². The van der Waals surface area contributed by atoms with Crippen LogP contribution in [0.15, 0.2) is 49.5 Å². The van der Waals surface area contributed by atoms with Gasteiger partial charge in [-0.25, -0.2) is 4.98 Å². The molecule has 2 heterocycles. The normalized spacial score (nSPS) is 10.6. The molecule has 0 spiro atoms. The molecular formula is C18H16BrN3O4S2. The Bertz CT molecular complexity index is 1000. The summed E-state index contributed by atoms with van der Waals surface area (Å²) in [7, 11) is 0. The van der Waals surface area contributed by atoms with E-state index < -0.39 is 11.8 Å². The number of aryl methyl sites for hydroxylation is 1. The van der Waals surface area contributed by atoms with Gasteiger partial charge in [0.05, 0.1) is 15.7 Å². The monoisotopic (exact) mass is 481 g/mol. The molecule has 0 aliphatic carbocycles. The number of nitrogens with one attached hydrogen (secondary N) is 1. The quantitative estimate of drug-likeness (QED) is 0.466. The Morgan fingerprint density at radius 1 is 1.36 bits per heavy atom. The first-order valence-corrected chi connectivity index (χ1v) is 10.7. The smallest absolute Gasteiger partial charge is 0.293 e. The summed E-state index contributed by atoms with van der Waals surface area (Å²) in [6, 6.07) is 10.7. The van der Waals surface area contributed by atoms with Crippen LogP contribution in [0.3, 0.4) is 0 Å². The number of aromatic nitrogens is 1.